The molecule has 4 nitrogen and oxygen atoms in total. The number of rotatable bonds is 2. The van der Waals surface area contributed by atoms with Crippen molar-refractivity contribution in [3.63, 3.8) is 0 Å². The van der Waals surface area contributed by atoms with E-state index in [9.17, 15) is 15.0 Å². The van der Waals surface area contributed by atoms with Crippen LogP contribution in [-0.2, 0) is 0 Å². The number of carbonyl (C=O) groups excluding carboxylic acids is 1. The number of benzene rings is 1. The Kier molecular flexibility index (Phi) is 5.37. The summed E-state index contributed by atoms with van der Waals surface area (Å²) >= 11 is 0. The molecule has 0 saturated carbocycles. The number of nitrogens with zero attached hydrogens (tertiary/aromatic N) is 1. The van der Waals surface area contributed by atoms with Crippen LogP contribution in [0.5, 0.6) is 0 Å². The SMILES string of the molecule is CC[C@@H]1CN(C(=O)c2cccc(C#CC(C)(C)O)c2)CC[C@]1(C)O. The molecule has 0 aromatic heterocycles. The fraction of sp³-hybridized carbons (Fsp3) is 0.550. The van der Waals surface area contributed by atoms with Crippen molar-refractivity contribution in [3.8, 4) is 11.8 Å². The Bertz CT molecular complexity index is 661. The lowest BCUT2D eigenvalue weighted by Crippen LogP contribution is -2.51. The second kappa shape index (κ2) is 6.96. The average molecular weight is 329 g/mol. The molecule has 130 valence electrons. The molecule has 0 unspecified atom stereocenters. The summed E-state index contributed by atoms with van der Waals surface area (Å²) in [6.07, 6.45) is 1.43. The molecule has 1 aromatic carbocycles. The number of carbonyl (C=O) groups is 1. The maximum Gasteiger partial charge on any atom is 0.253 e. The minimum Gasteiger partial charge on any atom is -0.390 e. The second-order valence-electron chi connectivity index (χ2n) is 7.35. The number of amides is 1. The monoisotopic (exact) mass is 329 g/mol. The van der Waals surface area contributed by atoms with Gasteiger partial charge in [0.25, 0.3) is 5.91 Å². The fourth-order valence-electron chi connectivity index (χ4n) is 3.01. The molecule has 1 heterocycles. The molecule has 1 fully saturated rings. The van der Waals surface area contributed by atoms with Crippen LogP contribution < -0.4 is 0 Å². The van der Waals surface area contributed by atoms with Crippen LogP contribution in [0.4, 0.5) is 0 Å². The van der Waals surface area contributed by atoms with Crippen LogP contribution in [0.3, 0.4) is 0 Å². The molecule has 2 rings (SSSR count). The Labute approximate surface area is 144 Å². The highest BCUT2D eigenvalue weighted by Gasteiger charge is 2.37. The Morgan fingerprint density at radius 2 is 2.17 bits per heavy atom. The van der Waals surface area contributed by atoms with Crippen molar-refractivity contribution in [3.05, 3.63) is 35.4 Å². The van der Waals surface area contributed by atoms with Crippen molar-refractivity contribution >= 4 is 5.91 Å². The summed E-state index contributed by atoms with van der Waals surface area (Å²) in [6.45, 7) is 8.28. The van der Waals surface area contributed by atoms with Gasteiger partial charge in [0.05, 0.1) is 5.60 Å². The lowest BCUT2D eigenvalue weighted by molar-refractivity contribution is -0.0521. The number of likely N-dealkylation sites (tertiary alicyclic amines) is 1. The molecule has 2 N–H and O–H groups in total. The van der Waals surface area contributed by atoms with E-state index in [1.54, 1.807) is 32.0 Å². The minimum atomic E-state index is -1.06. The van der Waals surface area contributed by atoms with Crippen LogP contribution in [0, 0.1) is 17.8 Å². The van der Waals surface area contributed by atoms with E-state index >= 15 is 0 Å². The Balaban J connectivity index is 2.17. The van der Waals surface area contributed by atoms with Crippen molar-refractivity contribution in [2.24, 2.45) is 5.92 Å². The molecule has 1 aliphatic rings. The number of hydrogen-bond donors (Lipinski definition) is 2. The van der Waals surface area contributed by atoms with Crippen LogP contribution in [0.25, 0.3) is 0 Å². The van der Waals surface area contributed by atoms with Crippen molar-refractivity contribution in [1.29, 1.82) is 0 Å². The van der Waals surface area contributed by atoms with Crippen LogP contribution in [0.1, 0.15) is 56.5 Å². The van der Waals surface area contributed by atoms with Crippen LogP contribution in [0.2, 0.25) is 0 Å². The van der Waals surface area contributed by atoms with Gasteiger partial charge in [-0.2, -0.15) is 0 Å². The summed E-state index contributed by atoms with van der Waals surface area (Å²) in [7, 11) is 0. The zero-order valence-corrected chi connectivity index (χ0v) is 15.0. The fourth-order valence-corrected chi connectivity index (χ4v) is 3.01. The molecule has 0 bridgehead atoms. The van der Waals surface area contributed by atoms with Gasteiger partial charge in [0.15, 0.2) is 0 Å². The largest absolute Gasteiger partial charge is 0.390 e. The summed E-state index contributed by atoms with van der Waals surface area (Å²) in [4.78, 5) is 14.6. The molecule has 1 saturated heterocycles. The molecule has 24 heavy (non-hydrogen) atoms. The third-order valence-corrected chi connectivity index (χ3v) is 4.61. The van der Waals surface area contributed by atoms with Gasteiger partial charge in [-0.1, -0.05) is 24.8 Å². The molecule has 2 atom stereocenters. The molecule has 1 amide bonds. The van der Waals surface area contributed by atoms with Gasteiger partial charge in [-0.15, -0.1) is 0 Å². The lowest BCUT2D eigenvalue weighted by atomic mass is 9.81. The standard InChI is InChI=1S/C20H27NO3/c1-5-17-14-21(12-11-20(17,4)24)18(22)16-8-6-7-15(13-16)9-10-19(2,3)23/h6-8,13,17,23-24H,5,11-12,14H2,1-4H3/t17-,20+/m1/s1. The molecule has 1 aromatic rings. The summed E-state index contributed by atoms with van der Waals surface area (Å²) in [5.41, 5.74) is -0.466. The average Bonchev–Trinajstić information content (AvgIpc) is 2.52. The van der Waals surface area contributed by atoms with E-state index in [4.69, 9.17) is 0 Å². The maximum absolute atomic E-state index is 12.8. The first-order valence-corrected chi connectivity index (χ1v) is 8.49. The molecule has 0 aliphatic carbocycles. The quantitative estimate of drug-likeness (QED) is 0.819. The predicted molar refractivity (Wildman–Crippen MR) is 94.5 cm³/mol. The van der Waals surface area contributed by atoms with Crippen molar-refractivity contribution in [2.75, 3.05) is 13.1 Å². The first kappa shape index (κ1) is 18.5. The summed E-state index contributed by atoms with van der Waals surface area (Å²) in [6, 6.07) is 7.17. The Morgan fingerprint density at radius 1 is 1.46 bits per heavy atom. The van der Waals surface area contributed by atoms with Crippen LogP contribution in [0.15, 0.2) is 24.3 Å². The zero-order valence-electron chi connectivity index (χ0n) is 15.0. The molecule has 0 spiro atoms. The maximum atomic E-state index is 12.8. The molecule has 0 radical (unpaired) electrons. The van der Waals surface area contributed by atoms with Gasteiger partial charge in [-0.25, -0.2) is 0 Å². The summed E-state index contributed by atoms with van der Waals surface area (Å²) < 4.78 is 0. The molecular weight excluding hydrogens is 302 g/mol. The van der Waals surface area contributed by atoms with E-state index in [0.717, 1.165) is 6.42 Å². The van der Waals surface area contributed by atoms with E-state index in [2.05, 4.69) is 11.8 Å². The summed E-state index contributed by atoms with van der Waals surface area (Å²) in [5, 5.41) is 20.1. The first-order chi connectivity index (χ1) is 11.1. The third-order valence-electron chi connectivity index (χ3n) is 4.61. The van der Waals surface area contributed by atoms with Gasteiger partial charge in [0.2, 0.25) is 0 Å². The van der Waals surface area contributed by atoms with E-state index in [1.165, 1.54) is 0 Å². The van der Waals surface area contributed by atoms with E-state index in [1.807, 2.05) is 24.8 Å². The third kappa shape index (κ3) is 4.59. The predicted octanol–water partition coefficient (Wildman–Crippen LogP) is 2.43. The van der Waals surface area contributed by atoms with Gasteiger partial charge in [0.1, 0.15) is 5.60 Å². The minimum absolute atomic E-state index is 0.0316. The molecular formula is C20H27NO3. The van der Waals surface area contributed by atoms with Crippen molar-refractivity contribution in [2.45, 2.75) is 51.7 Å². The van der Waals surface area contributed by atoms with Gasteiger partial charge in [0, 0.05) is 30.1 Å². The van der Waals surface area contributed by atoms with Gasteiger partial charge in [-0.3, -0.25) is 4.79 Å². The Morgan fingerprint density at radius 3 is 2.79 bits per heavy atom. The van der Waals surface area contributed by atoms with Crippen LogP contribution >= 0.6 is 0 Å². The van der Waals surface area contributed by atoms with E-state index in [-0.39, 0.29) is 11.8 Å². The normalized spacial score (nSPS) is 24.2. The number of aliphatic hydroxyl groups is 2. The topological polar surface area (TPSA) is 60.8 Å². The molecule has 4 heteroatoms. The highest BCUT2D eigenvalue weighted by atomic mass is 16.3. The second-order valence-corrected chi connectivity index (χ2v) is 7.35. The van der Waals surface area contributed by atoms with Crippen LogP contribution in [-0.4, -0.2) is 45.3 Å². The van der Waals surface area contributed by atoms with Crippen molar-refractivity contribution in [1.82, 2.24) is 4.90 Å². The van der Waals surface area contributed by atoms with Crippen molar-refractivity contribution < 1.29 is 15.0 Å². The van der Waals surface area contributed by atoms with Gasteiger partial charge < -0.3 is 15.1 Å². The zero-order chi connectivity index (χ0) is 18.0. The smallest absolute Gasteiger partial charge is 0.253 e. The van der Waals surface area contributed by atoms with Gasteiger partial charge in [-0.05, 0) is 51.8 Å². The first-order valence-electron chi connectivity index (χ1n) is 8.49. The highest BCUT2D eigenvalue weighted by molar-refractivity contribution is 5.94. The Hall–Kier alpha value is -1.83. The number of piperidine rings is 1. The lowest BCUT2D eigenvalue weighted by Gasteiger charge is -2.42. The number of hydrogen-bond acceptors (Lipinski definition) is 3. The highest BCUT2D eigenvalue weighted by Crippen LogP contribution is 2.30. The summed E-state index contributed by atoms with van der Waals surface area (Å²) in [5.74, 6) is 5.72. The van der Waals surface area contributed by atoms with E-state index < -0.39 is 11.2 Å². The molecule has 1 aliphatic heterocycles. The van der Waals surface area contributed by atoms with E-state index in [0.29, 0.717) is 30.6 Å². The van der Waals surface area contributed by atoms with Gasteiger partial charge >= 0.3 is 0 Å².